The molecule has 4 nitrogen and oxygen atoms in total. The second-order valence-electron chi connectivity index (χ2n) is 4.47. The SMILES string of the molecule is CCC[C@H](N)C(=O)N[C@H](CO)Cc1ccccc1. The Morgan fingerprint density at radius 3 is 2.61 bits per heavy atom. The van der Waals surface area contributed by atoms with E-state index < -0.39 is 6.04 Å². The number of benzene rings is 1. The molecule has 1 aromatic carbocycles. The fourth-order valence-electron chi connectivity index (χ4n) is 1.81. The highest BCUT2D eigenvalue weighted by molar-refractivity contribution is 5.81. The van der Waals surface area contributed by atoms with Crippen molar-refractivity contribution >= 4 is 5.91 Å². The molecule has 1 rings (SSSR count). The molecule has 0 aromatic heterocycles. The summed E-state index contributed by atoms with van der Waals surface area (Å²) in [6.45, 7) is 1.90. The molecule has 0 aliphatic rings. The lowest BCUT2D eigenvalue weighted by Gasteiger charge is -2.19. The standard InChI is InChI=1S/C14H22N2O2/c1-2-6-13(15)14(18)16-12(10-17)9-11-7-4-3-5-8-11/h3-5,7-8,12-13,17H,2,6,9-10,15H2,1H3,(H,16,18)/t12-,13-/m0/s1. The number of hydrogen-bond donors (Lipinski definition) is 3. The van der Waals surface area contributed by atoms with E-state index in [2.05, 4.69) is 5.32 Å². The smallest absolute Gasteiger partial charge is 0.237 e. The van der Waals surface area contributed by atoms with Crippen LogP contribution in [0.1, 0.15) is 25.3 Å². The van der Waals surface area contributed by atoms with Gasteiger partial charge in [-0.05, 0) is 18.4 Å². The summed E-state index contributed by atoms with van der Waals surface area (Å²) in [5.41, 5.74) is 6.81. The van der Waals surface area contributed by atoms with Gasteiger partial charge in [0, 0.05) is 0 Å². The Hall–Kier alpha value is -1.39. The summed E-state index contributed by atoms with van der Waals surface area (Å²) in [5.74, 6) is -0.188. The fourth-order valence-corrected chi connectivity index (χ4v) is 1.81. The van der Waals surface area contributed by atoms with Crippen LogP contribution in [0.3, 0.4) is 0 Å². The van der Waals surface area contributed by atoms with Crippen molar-refractivity contribution in [1.29, 1.82) is 0 Å². The van der Waals surface area contributed by atoms with Crippen molar-refractivity contribution in [3.05, 3.63) is 35.9 Å². The van der Waals surface area contributed by atoms with Crippen LogP contribution in [0.4, 0.5) is 0 Å². The summed E-state index contributed by atoms with van der Waals surface area (Å²) in [5, 5.41) is 12.1. The third-order valence-corrected chi connectivity index (χ3v) is 2.83. The molecule has 0 saturated carbocycles. The van der Waals surface area contributed by atoms with Crippen LogP contribution in [0.5, 0.6) is 0 Å². The summed E-state index contributed by atoms with van der Waals surface area (Å²) < 4.78 is 0. The third kappa shape index (κ3) is 4.85. The molecule has 0 spiro atoms. The van der Waals surface area contributed by atoms with Crippen LogP contribution in [0.2, 0.25) is 0 Å². The Morgan fingerprint density at radius 1 is 1.39 bits per heavy atom. The monoisotopic (exact) mass is 250 g/mol. The van der Waals surface area contributed by atoms with Crippen molar-refractivity contribution in [3.63, 3.8) is 0 Å². The molecule has 0 saturated heterocycles. The molecule has 18 heavy (non-hydrogen) atoms. The molecule has 4 heteroatoms. The largest absolute Gasteiger partial charge is 0.394 e. The van der Waals surface area contributed by atoms with E-state index in [4.69, 9.17) is 5.73 Å². The normalized spacial score (nSPS) is 13.9. The van der Waals surface area contributed by atoms with E-state index in [9.17, 15) is 9.90 Å². The van der Waals surface area contributed by atoms with Crippen LogP contribution >= 0.6 is 0 Å². The molecule has 100 valence electrons. The Kier molecular flexibility index (Phi) is 6.39. The van der Waals surface area contributed by atoms with Gasteiger partial charge in [-0.15, -0.1) is 0 Å². The van der Waals surface area contributed by atoms with Gasteiger partial charge < -0.3 is 16.2 Å². The van der Waals surface area contributed by atoms with E-state index in [1.807, 2.05) is 37.3 Å². The maximum Gasteiger partial charge on any atom is 0.237 e. The zero-order valence-electron chi connectivity index (χ0n) is 10.8. The molecule has 0 fully saturated rings. The summed E-state index contributed by atoms with van der Waals surface area (Å²) >= 11 is 0. The topological polar surface area (TPSA) is 75.4 Å². The Morgan fingerprint density at radius 2 is 2.06 bits per heavy atom. The van der Waals surface area contributed by atoms with Crippen LogP contribution in [0, 0.1) is 0 Å². The summed E-state index contributed by atoms with van der Waals surface area (Å²) in [7, 11) is 0. The highest BCUT2D eigenvalue weighted by Crippen LogP contribution is 2.03. The van der Waals surface area contributed by atoms with Crippen molar-refractivity contribution in [2.24, 2.45) is 5.73 Å². The molecule has 0 aliphatic carbocycles. The van der Waals surface area contributed by atoms with E-state index >= 15 is 0 Å². The summed E-state index contributed by atoms with van der Waals surface area (Å²) in [6.07, 6.45) is 2.15. The van der Waals surface area contributed by atoms with E-state index in [0.29, 0.717) is 12.8 Å². The molecule has 4 N–H and O–H groups in total. The Bertz CT molecular complexity index is 354. The van der Waals surface area contributed by atoms with Crippen molar-refractivity contribution in [3.8, 4) is 0 Å². The van der Waals surface area contributed by atoms with Gasteiger partial charge in [-0.3, -0.25) is 4.79 Å². The molecular formula is C14H22N2O2. The predicted molar refractivity (Wildman–Crippen MR) is 72.0 cm³/mol. The number of nitrogens with two attached hydrogens (primary N) is 1. The first kappa shape index (κ1) is 14.7. The predicted octanol–water partition coefficient (Wildman–Crippen LogP) is 0.834. The molecule has 0 bridgehead atoms. The molecule has 2 atom stereocenters. The molecule has 0 heterocycles. The van der Waals surface area contributed by atoms with E-state index in [0.717, 1.165) is 12.0 Å². The number of hydrogen-bond acceptors (Lipinski definition) is 3. The van der Waals surface area contributed by atoms with Crippen LogP contribution < -0.4 is 11.1 Å². The lowest BCUT2D eigenvalue weighted by molar-refractivity contribution is -0.123. The van der Waals surface area contributed by atoms with Gasteiger partial charge in [0.2, 0.25) is 5.91 Å². The number of carbonyl (C=O) groups excluding carboxylic acids is 1. The number of aliphatic hydroxyl groups excluding tert-OH is 1. The molecule has 1 amide bonds. The van der Waals surface area contributed by atoms with E-state index in [1.165, 1.54) is 0 Å². The van der Waals surface area contributed by atoms with Crippen LogP contribution in [0.15, 0.2) is 30.3 Å². The highest BCUT2D eigenvalue weighted by Gasteiger charge is 2.17. The summed E-state index contributed by atoms with van der Waals surface area (Å²) in [6, 6.07) is 9.00. The lowest BCUT2D eigenvalue weighted by atomic mass is 10.1. The average Bonchev–Trinajstić information content (AvgIpc) is 2.39. The summed E-state index contributed by atoms with van der Waals surface area (Å²) in [4.78, 5) is 11.7. The molecule has 0 aliphatic heterocycles. The number of nitrogens with one attached hydrogen (secondary N) is 1. The van der Waals surface area contributed by atoms with Crippen LogP contribution in [0.25, 0.3) is 0 Å². The number of aliphatic hydroxyl groups is 1. The zero-order valence-corrected chi connectivity index (χ0v) is 10.8. The van der Waals surface area contributed by atoms with E-state index in [1.54, 1.807) is 0 Å². The van der Waals surface area contributed by atoms with Crippen molar-refractivity contribution < 1.29 is 9.90 Å². The minimum absolute atomic E-state index is 0.0838. The van der Waals surface area contributed by atoms with Gasteiger partial charge in [0.1, 0.15) is 0 Å². The van der Waals surface area contributed by atoms with Gasteiger partial charge >= 0.3 is 0 Å². The zero-order chi connectivity index (χ0) is 13.4. The second kappa shape index (κ2) is 7.84. The first-order chi connectivity index (χ1) is 8.67. The van der Waals surface area contributed by atoms with Gasteiger partial charge in [0.15, 0.2) is 0 Å². The number of rotatable bonds is 7. The molecular weight excluding hydrogens is 228 g/mol. The first-order valence-corrected chi connectivity index (χ1v) is 6.38. The van der Waals surface area contributed by atoms with Gasteiger partial charge in [0.25, 0.3) is 0 Å². The minimum Gasteiger partial charge on any atom is -0.394 e. The van der Waals surface area contributed by atoms with Crippen molar-refractivity contribution in [1.82, 2.24) is 5.32 Å². The lowest BCUT2D eigenvalue weighted by Crippen LogP contribution is -2.47. The van der Waals surface area contributed by atoms with Crippen LogP contribution in [-0.4, -0.2) is 29.7 Å². The molecule has 1 aromatic rings. The van der Waals surface area contributed by atoms with Crippen molar-refractivity contribution in [2.45, 2.75) is 38.3 Å². The number of amides is 1. The quantitative estimate of drug-likeness (QED) is 0.671. The number of carbonyl (C=O) groups is 1. The van der Waals surface area contributed by atoms with E-state index in [-0.39, 0.29) is 18.6 Å². The van der Waals surface area contributed by atoms with Gasteiger partial charge in [-0.25, -0.2) is 0 Å². The first-order valence-electron chi connectivity index (χ1n) is 6.38. The molecule has 0 radical (unpaired) electrons. The molecule has 0 unspecified atom stereocenters. The minimum atomic E-state index is -0.486. The Balaban J connectivity index is 2.49. The third-order valence-electron chi connectivity index (χ3n) is 2.83. The maximum atomic E-state index is 11.7. The highest BCUT2D eigenvalue weighted by atomic mass is 16.3. The second-order valence-corrected chi connectivity index (χ2v) is 4.47. The Labute approximate surface area is 108 Å². The van der Waals surface area contributed by atoms with Gasteiger partial charge in [-0.1, -0.05) is 43.7 Å². The van der Waals surface area contributed by atoms with Crippen LogP contribution in [-0.2, 0) is 11.2 Å². The maximum absolute atomic E-state index is 11.7. The van der Waals surface area contributed by atoms with Gasteiger partial charge in [-0.2, -0.15) is 0 Å². The van der Waals surface area contributed by atoms with Crippen molar-refractivity contribution in [2.75, 3.05) is 6.61 Å². The fraction of sp³-hybridized carbons (Fsp3) is 0.500. The van der Waals surface area contributed by atoms with Gasteiger partial charge in [0.05, 0.1) is 18.7 Å². The average molecular weight is 250 g/mol.